The van der Waals surface area contributed by atoms with Crippen LogP contribution < -0.4 is 10.2 Å². The molecule has 0 spiro atoms. The Morgan fingerprint density at radius 3 is 1.50 bits per heavy atom. The Hall–Kier alpha value is -3.80. The highest BCUT2D eigenvalue weighted by atomic mass is 19.1. The zero-order valence-electron chi connectivity index (χ0n) is 22.5. The molecule has 4 rings (SSSR count). The third-order valence-corrected chi connectivity index (χ3v) is 6.34. The fourth-order valence-corrected chi connectivity index (χ4v) is 4.28. The summed E-state index contributed by atoms with van der Waals surface area (Å²) in [6, 6.07) is 20.0. The lowest BCUT2D eigenvalue weighted by molar-refractivity contribution is 0.583. The van der Waals surface area contributed by atoms with Crippen LogP contribution in [0.5, 0.6) is 0 Å². The second kappa shape index (κ2) is 10.2. The average molecular weight is 521 g/mol. The van der Waals surface area contributed by atoms with E-state index in [0.717, 1.165) is 23.3 Å². The summed E-state index contributed by atoms with van der Waals surface area (Å²) in [6.45, 7) is 12.5. The Balaban J connectivity index is 1.97. The third-order valence-electron chi connectivity index (χ3n) is 6.34. The van der Waals surface area contributed by atoms with Gasteiger partial charge >= 0.3 is 0 Å². The topological polar surface area (TPSA) is 15.3 Å². The zero-order chi connectivity index (χ0) is 27.8. The van der Waals surface area contributed by atoms with Crippen LogP contribution in [0, 0.1) is 23.3 Å². The molecular formula is C32H32F4N2. The predicted octanol–water partition coefficient (Wildman–Crippen LogP) is 10.1. The van der Waals surface area contributed by atoms with E-state index in [0.29, 0.717) is 17.1 Å². The van der Waals surface area contributed by atoms with Gasteiger partial charge in [0.15, 0.2) is 0 Å². The second-order valence-corrected chi connectivity index (χ2v) is 11.5. The van der Waals surface area contributed by atoms with Crippen LogP contribution in [0.4, 0.5) is 46.0 Å². The van der Waals surface area contributed by atoms with Gasteiger partial charge in [0, 0.05) is 23.5 Å². The van der Waals surface area contributed by atoms with Gasteiger partial charge in [0.05, 0.1) is 17.1 Å². The van der Waals surface area contributed by atoms with E-state index in [1.807, 2.05) is 42.5 Å². The van der Waals surface area contributed by atoms with Gasteiger partial charge in [-0.3, -0.25) is 0 Å². The first-order valence-corrected chi connectivity index (χ1v) is 12.5. The lowest BCUT2D eigenvalue weighted by Crippen LogP contribution is -2.17. The molecule has 2 nitrogen and oxygen atoms in total. The van der Waals surface area contributed by atoms with Gasteiger partial charge in [0.2, 0.25) is 0 Å². The summed E-state index contributed by atoms with van der Waals surface area (Å²) in [5.41, 5.74) is 3.96. The highest BCUT2D eigenvalue weighted by Crippen LogP contribution is 2.43. The Labute approximate surface area is 221 Å². The van der Waals surface area contributed by atoms with Gasteiger partial charge in [-0.25, -0.2) is 17.6 Å². The lowest BCUT2D eigenvalue weighted by atomic mass is 9.86. The Morgan fingerprint density at radius 1 is 0.526 bits per heavy atom. The molecule has 0 aromatic heterocycles. The summed E-state index contributed by atoms with van der Waals surface area (Å²) >= 11 is 0. The van der Waals surface area contributed by atoms with E-state index in [-0.39, 0.29) is 22.2 Å². The molecule has 0 atom stereocenters. The molecule has 6 heteroatoms. The van der Waals surface area contributed by atoms with Crippen molar-refractivity contribution in [3.8, 4) is 0 Å². The molecule has 0 aliphatic heterocycles. The average Bonchev–Trinajstić information content (AvgIpc) is 2.78. The predicted molar refractivity (Wildman–Crippen MR) is 148 cm³/mol. The fraction of sp³-hybridized carbons (Fsp3) is 0.250. The molecule has 0 amide bonds. The number of anilines is 5. The number of hydrogen-bond acceptors (Lipinski definition) is 2. The SMILES string of the molecule is CC(C)(C)c1ccc(N(c2cc(F)cc(F)c2)c2cc(C(C)(C)C)ccc2Nc2cc(F)cc(F)c2)cc1. The molecule has 0 aliphatic carbocycles. The maximum Gasteiger partial charge on any atom is 0.128 e. The number of benzene rings is 4. The van der Waals surface area contributed by atoms with Gasteiger partial charge in [-0.15, -0.1) is 0 Å². The van der Waals surface area contributed by atoms with Gasteiger partial charge in [0.25, 0.3) is 0 Å². The van der Waals surface area contributed by atoms with Gasteiger partial charge in [-0.05, 0) is 70.5 Å². The van der Waals surface area contributed by atoms with Crippen LogP contribution in [0.25, 0.3) is 0 Å². The van der Waals surface area contributed by atoms with Gasteiger partial charge < -0.3 is 10.2 Å². The number of nitrogens with zero attached hydrogens (tertiary/aromatic N) is 1. The minimum atomic E-state index is -0.720. The first-order valence-electron chi connectivity index (χ1n) is 12.5. The van der Waals surface area contributed by atoms with Crippen molar-refractivity contribution in [2.75, 3.05) is 10.2 Å². The standard InChI is InChI=1S/C32H32F4N2/c1-31(2,3)20-7-10-27(11-8-20)38(28-18-24(35)15-25(36)19-28)30-13-21(32(4,5)6)9-12-29(30)37-26-16-22(33)14-23(34)17-26/h7-19,37H,1-6H3. The fourth-order valence-electron chi connectivity index (χ4n) is 4.28. The highest BCUT2D eigenvalue weighted by Gasteiger charge is 2.23. The van der Waals surface area contributed by atoms with Crippen LogP contribution in [0.3, 0.4) is 0 Å². The van der Waals surface area contributed by atoms with E-state index in [1.54, 1.807) is 4.90 Å². The highest BCUT2D eigenvalue weighted by molar-refractivity contribution is 5.87. The van der Waals surface area contributed by atoms with Crippen LogP contribution >= 0.6 is 0 Å². The number of halogens is 4. The molecule has 0 fully saturated rings. The van der Waals surface area contributed by atoms with Crippen molar-refractivity contribution in [2.45, 2.75) is 52.4 Å². The number of nitrogens with one attached hydrogen (secondary N) is 1. The summed E-state index contributed by atoms with van der Waals surface area (Å²) in [7, 11) is 0. The quantitative estimate of drug-likeness (QED) is 0.263. The van der Waals surface area contributed by atoms with Crippen molar-refractivity contribution in [3.63, 3.8) is 0 Å². The number of rotatable bonds is 5. The third kappa shape index (κ3) is 6.18. The Kier molecular flexibility index (Phi) is 7.29. The zero-order valence-corrected chi connectivity index (χ0v) is 22.5. The van der Waals surface area contributed by atoms with Crippen LogP contribution in [-0.4, -0.2) is 0 Å². The molecule has 0 radical (unpaired) electrons. The summed E-state index contributed by atoms with van der Waals surface area (Å²) in [4.78, 5) is 1.74. The van der Waals surface area contributed by atoms with E-state index in [1.165, 1.54) is 24.3 Å². The monoisotopic (exact) mass is 520 g/mol. The first-order chi connectivity index (χ1) is 17.7. The molecule has 0 aliphatic rings. The molecule has 198 valence electrons. The minimum Gasteiger partial charge on any atom is -0.354 e. The van der Waals surface area contributed by atoms with Crippen molar-refractivity contribution < 1.29 is 17.6 Å². The molecule has 0 bridgehead atoms. The van der Waals surface area contributed by atoms with Gasteiger partial charge in [-0.2, -0.15) is 0 Å². The van der Waals surface area contributed by atoms with Gasteiger partial charge in [0.1, 0.15) is 23.3 Å². The maximum atomic E-state index is 14.5. The molecule has 0 unspecified atom stereocenters. The summed E-state index contributed by atoms with van der Waals surface area (Å²) in [5.74, 6) is -2.88. The summed E-state index contributed by atoms with van der Waals surface area (Å²) in [5, 5.41) is 3.11. The molecule has 4 aromatic carbocycles. The van der Waals surface area contributed by atoms with Crippen LogP contribution in [0.1, 0.15) is 52.7 Å². The molecule has 4 aromatic rings. The molecule has 1 N–H and O–H groups in total. The molecular weight excluding hydrogens is 488 g/mol. The van der Waals surface area contributed by atoms with E-state index in [4.69, 9.17) is 0 Å². The molecule has 38 heavy (non-hydrogen) atoms. The van der Waals surface area contributed by atoms with Crippen molar-refractivity contribution in [3.05, 3.63) is 113 Å². The van der Waals surface area contributed by atoms with Crippen molar-refractivity contribution in [2.24, 2.45) is 0 Å². The largest absolute Gasteiger partial charge is 0.354 e. The first kappa shape index (κ1) is 27.2. The van der Waals surface area contributed by atoms with Crippen molar-refractivity contribution >= 4 is 28.4 Å². The van der Waals surface area contributed by atoms with E-state index < -0.39 is 23.3 Å². The number of hydrogen-bond donors (Lipinski definition) is 1. The normalized spacial score (nSPS) is 11.9. The second-order valence-electron chi connectivity index (χ2n) is 11.5. The molecule has 0 heterocycles. The smallest absolute Gasteiger partial charge is 0.128 e. The van der Waals surface area contributed by atoms with E-state index in [9.17, 15) is 17.6 Å². The van der Waals surface area contributed by atoms with Crippen molar-refractivity contribution in [1.29, 1.82) is 0 Å². The van der Waals surface area contributed by atoms with Gasteiger partial charge in [-0.1, -0.05) is 59.7 Å². The van der Waals surface area contributed by atoms with E-state index >= 15 is 0 Å². The Bertz CT molecular complexity index is 1410. The Morgan fingerprint density at radius 2 is 1.00 bits per heavy atom. The van der Waals surface area contributed by atoms with Crippen LogP contribution in [0.15, 0.2) is 78.9 Å². The summed E-state index contributed by atoms with van der Waals surface area (Å²) in [6.07, 6.45) is 0. The van der Waals surface area contributed by atoms with Crippen LogP contribution in [0.2, 0.25) is 0 Å². The summed E-state index contributed by atoms with van der Waals surface area (Å²) < 4.78 is 56.9. The van der Waals surface area contributed by atoms with E-state index in [2.05, 4.69) is 46.9 Å². The van der Waals surface area contributed by atoms with Crippen LogP contribution in [-0.2, 0) is 10.8 Å². The minimum absolute atomic E-state index is 0.0886. The van der Waals surface area contributed by atoms with Crippen molar-refractivity contribution in [1.82, 2.24) is 0 Å². The molecule has 0 saturated carbocycles. The molecule has 0 saturated heterocycles. The maximum absolute atomic E-state index is 14.5. The lowest BCUT2D eigenvalue weighted by Gasteiger charge is -2.31.